The molecule has 4 rings (SSSR count). The van der Waals surface area contributed by atoms with E-state index in [2.05, 4.69) is 81.4 Å². The molecule has 3 aromatic rings. The summed E-state index contributed by atoms with van der Waals surface area (Å²) in [6.45, 7) is 8.04. The van der Waals surface area contributed by atoms with Gasteiger partial charge in [-0.15, -0.1) is 0 Å². The second-order valence-corrected chi connectivity index (χ2v) is 8.54. The standard InChI is InChI=1S/C27H35N5O/c1-2-28-27(32-17-14-25(20-32)22-33-21-24-11-7-4-8-12-24)30-15-13-26-29-16-18-31(26)19-23-9-5-3-6-10-23/h3-12,16,18,25H,2,13-15,17,19-22H2,1H3,(H,28,30). The van der Waals surface area contributed by atoms with Crippen LogP contribution in [0.5, 0.6) is 0 Å². The third kappa shape index (κ3) is 6.93. The fourth-order valence-corrected chi connectivity index (χ4v) is 4.26. The summed E-state index contributed by atoms with van der Waals surface area (Å²) in [4.78, 5) is 11.9. The zero-order valence-electron chi connectivity index (χ0n) is 19.6. The van der Waals surface area contributed by atoms with Crippen molar-refractivity contribution in [1.82, 2.24) is 19.8 Å². The number of likely N-dealkylation sites (tertiary alicyclic amines) is 1. The first-order valence-corrected chi connectivity index (χ1v) is 12.0. The molecule has 1 saturated heterocycles. The van der Waals surface area contributed by atoms with Crippen LogP contribution in [-0.2, 0) is 24.3 Å². The van der Waals surface area contributed by atoms with Gasteiger partial charge in [0.15, 0.2) is 5.96 Å². The van der Waals surface area contributed by atoms with E-state index in [1.165, 1.54) is 11.1 Å². The van der Waals surface area contributed by atoms with Crippen molar-refractivity contribution in [2.45, 2.75) is 32.9 Å². The fourth-order valence-electron chi connectivity index (χ4n) is 4.26. The molecule has 2 aromatic carbocycles. The minimum Gasteiger partial charge on any atom is -0.376 e. The Hall–Kier alpha value is -3.12. The van der Waals surface area contributed by atoms with Crippen LogP contribution in [0.3, 0.4) is 0 Å². The number of benzene rings is 2. The maximum atomic E-state index is 5.99. The Balaban J connectivity index is 1.26. The number of guanidine groups is 1. The SMILES string of the molecule is CCNC(=NCCc1nccn1Cc1ccccc1)N1CCC(COCc2ccccc2)C1. The Kier molecular flexibility index (Phi) is 8.53. The lowest BCUT2D eigenvalue weighted by Gasteiger charge is -2.21. The zero-order valence-corrected chi connectivity index (χ0v) is 19.6. The highest BCUT2D eigenvalue weighted by atomic mass is 16.5. The lowest BCUT2D eigenvalue weighted by molar-refractivity contribution is 0.0907. The smallest absolute Gasteiger partial charge is 0.193 e. The van der Waals surface area contributed by atoms with Crippen LogP contribution in [0.1, 0.15) is 30.3 Å². The first kappa shape index (κ1) is 23.1. The molecule has 6 nitrogen and oxygen atoms in total. The average Bonchev–Trinajstić information content (AvgIpc) is 3.50. The van der Waals surface area contributed by atoms with Gasteiger partial charge in [0.1, 0.15) is 5.82 Å². The molecule has 1 aromatic heterocycles. The molecule has 2 heterocycles. The van der Waals surface area contributed by atoms with E-state index in [9.17, 15) is 0 Å². The van der Waals surface area contributed by atoms with Gasteiger partial charge in [-0.25, -0.2) is 4.98 Å². The molecule has 0 bridgehead atoms. The van der Waals surface area contributed by atoms with Crippen molar-refractivity contribution in [3.05, 3.63) is 90.0 Å². The Morgan fingerprint density at radius 1 is 1.09 bits per heavy atom. The number of hydrogen-bond acceptors (Lipinski definition) is 3. The summed E-state index contributed by atoms with van der Waals surface area (Å²) in [5.74, 6) is 2.62. The van der Waals surface area contributed by atoms with Gasteiger partial charge < -0.3 is 19.5 Å². The van der Waals surface area contributed by atoms with Crippen molar-refractivity contribution in [2.24, 2.45) is 10.9 Å². The Morgan fingerprint density at radius 3 is 2.61 bits per heavy atom. The first-order valence-electron chi connectivity index (χ1n) is 12.0. The fraction of sp³-hybridized carbons (Fsp3) is 0.407. The molecule has 174 valence electrons. The molecule has 1 unspecified atom stereocenters. The second-order valence-electron chi connectivity index (χ2n) is 8.54. The molecule has 0 saturated carbocycles. The average molecular weight is 446 g/mol. The summed E-state index contributed by atoms with van der Waals surface area (Å²) >= 11 is 0. The molecule has 1 N–H and O–H groups in total. The molecule has 1 fully saturated rings. The largest absolute Gasteiger partial charge is 0.376 e. The van der Waals surface area contributed by atoms with Gasteiger partial charge in [-0.05, 0) is 24.5 Å². The van der Waals surface area contributed by atoms with Crippen molar-refractivity contribution in [3.8, 4) is 0 Å². The van der Waals surface area contributed by atoms with E-state index in [1.807, 2.05) is 18.3 Å². The van der Waals surface area contributed by atoms with Crippen molar-refractivity contribution in [2.75, 3.05) is 32.8 Å². The normalized spacial score (nSPS) is 16.3. The predicted molar refractivity (Wildman–Crippen MR) is 133 cm³/mol. The zero-order chi connectivity index (χ0) is 22.7. The van der Waals surface area contributed by atoms with Gasteiger partial charge in [0, 0.05) is 57.5 Å². The van der Waals surface area contributed by atoms with Crippen LogP contribution >= 0.6 is 0 Å². The lowest BCUT2D eigenvalue weighted by Crippen LogP contribution is -2.40. The van der Waals surface area contributed by atoms with E-state index in [4.69, 9.17) is 9.73 Å². The number of nitrogens with one attached hydrogen (secondary N) is 1. The monoisotopic (exact) mass is 445 g/mol. The number of hydrogen-bond donors (Lipinski definition) is 1. The number of aromatic nitrogens is 2. The maximum Gasteiger partial charge on any atom is 0.193 e. The summed E-state index contributed by atoms with van der Waals surface area (Å²) in [6, 6.07) is 20.9. The maximum absolute atomic E-state index is 5.99. The van der Waals surface area contributed by atoms with Crippen molar-refractivity contribution in [1.29, 1.82) is 0 Å². The molecule has 1 atom stereocenters. The first-order chi connectivity index (χ1) is 16.3. The molecule has 6 heteroatoms. The molecule has 33 heavy (non-hydrogen) atoms. The third-order valence-corrected chi connectivity index (χ3v) is 5.98. The predicted octanol–water partition coefficient (Wildman–Crippen LogP) is 3.98. The van der Waals surface area contributed by atoms with Crippen molar-refractivity contribution in [3.63, 3.8) is 0 Å². The molecule has 0 amide bonds. The number of nitrogens with zero attached hydrogens (tertiary/aromatic N) is 4. The van der Waals surface area contributed by atoms with Crippen LogP contribution in [-0.4, -0.2) is 53.2 Å². The lowest BCUT2D eigenvalue weighted by atomic mass is 10.1. The van der Waals surface area contributed by atoms with Crippen LogP contribution in [0.2, 0.25) is 0 Å². The highest BCUT2D eigenvalue weighted by molar-refractivity contribution is 5.80. The minimum absolute atomic E-state index is 0.544. The quantitative estimate of drug-likeness (QED) is 0.379. The van der Waals surface area contributed by atoms with Crippen LogP contribution < -0.4 is 5.32 Å². The molecule has 1 aliphatic rings. The van der Waals surface area contributed by atoms with Crippen LogP contribution in [0.15, 0.2) is 78.0 Å². The summed E-state index contributed by atoms with van der Waals surface area (Å²) in [5, 5.41) is 3.47. The van der Waals surface area contributed by atoms with E-state index in [-0.39, 0.29) is 0 Å². The summed E-state index contributed by atoms with van der Waals surface area (Å²) < 4.78 is 8.20. The van der Waals surface area contributed by atoms with Crippen molar-refractivity contribution >= 4 is 5.96 Å². The Bertz CT molecular complexity index is 986. The molecule has 0 radical (unpaired) electrons. The van der Waals surface area contributed by atoms with E-state index in [0.29, 0.717) is 12.5 Å². The number of imidazole rings is 1. The van der Waals surface area contributed by atoms with Crippen LogP contribution in [0, 0.1) is 5.92 Å². The molecular formula is C27H35N5O. The molecular weight excluding hydrogens is 410 g/mol. The van der Waals surface area contributed by atoms with Gasteiger partial charge in [0.25, 0.3) is 0 Å². The Labute approximate surface area is 197 Å². The van der Waals surface area contributed by atoms with E-state index >= 15 is 0 Å². The van der Waals surface area contributed by atoms with Crippen LogP contribution in [0.25, 0.3) is 0 Å². The molecule has 0 spiro atoms. The van der Waals surface area contributed by atoms with E-state index in [0.717, 1.165) is 64.0 Å². The van der Waals surface area contributed by atoms with Gasteiger partial charge >= 0.3 is 0 Å². The van der Waals surface area contributed by atoms with E-state index in [1.54, 1.807) is 0 Å². The summed E-state index contributed by atoms with van der Waals surface area (Å²) in [5.41, 5.74) is 2.51. The van der Waals surface area contributed by atoms with Crippen molar-refractivity contribution < 1.29 is 4.74 Å². The van der Waals surface area contributed by atoms with Gasteiger partial charge in [-0.3, -0.25) is 4.99 Å². The third-order valence-electron chi connectivity index (χ3n) is 5.98. The van der Waals surface area contributed by atoms with Gasteiger partial charge in [-0.1, -0.05) is 60.7 Å². The number of aliphatic imine (C=N–C) groups is 1. The van der Waals surface area contributed by atoms with Gasteiger partial charge in [-0.2, -0.15) is 0 Å². The van der Waals surface area contributed by atoms with Gasteiger partial charge in [0.05, 0.1) is 13.2 Å². The summed E-state index contributed by atoms with van der Waals surface area (Å²) in [7, 11) is 0. The molecule has 0 aliphatic carbocycles. The topological polar surface area (TPSA) is 54.7 Å². The highest BCUT2D eigenvalue weighted by Crippen LogP contribution is 2.17. The second kappa shape index (κ2) is 12.2. The number of ether oxygens (including phenoxy) is 1. The minimum atomic E-state index is 0.544. The van der Waals surface area contributed by atoms with E-state index < -0.39 is 0 Å². The molecule has 1 aliphatic heterocycles. The highest BCUT2D eigenvalue weighted by Gasteiger charge is 2.25. The number of rotatable bonds is 10. The summed E-state index contributed by atoms with van der Waals surface area (Å²) in [6.07, 6.45) is 5.90. The van der Waals surface area contributed by atoms with Crippen LogP contribution in [0.4, 0.5) is 0 Å². The Morgan fingerprint density at radius 2 is 1.85 bits per heavy atom. The van der Waals surface area contributed by atoms with Gasteiger partial charge in [0.2, 0.25) is 0 Å².